The Hall–Kier alpha value is -2.38. The molecule has 0 saturated heterocycles. The Labute approximate surface area is 134 Å². The summed E-state index contributed by atoms with van der Waals surface area (Å²) in [5, 5.41) is 0. The van der Waals surface area contributed by atoms with Gasteiger partial charge in [-0.05, 0) is 37.4 Å². The molecule has 0 spiro atoms. The molecule has 0 fully saturated rings. The van der Waals surface area contributed by atoms with E-state index in [0.717, 1.165) is 0 Å². The number of ether oxygens (including phenoxy) is 1. The molecule has 3 rings (SSSR count). The van der Waals surface area contributed by atoms with Gasteiger partial charge < -0.3 is 9.64 Å². The van der Waals surface area contributed by atoms with Gasteiger partial charge in [-0.25, -0.2) is 13.1 Å². The fourth-order valence-electron chi connectivity index (χ4n) is 2.45. The lowest BCUT2D eigenvalue weighted by Gasteiger charge is -2.29. The minimum Gasteiger partial charge on any atom is -0.490 e. The number of amides is 1. The molecule has 0 saturated carbocycles. The molecule has 0 radical (unpaired) electrons. The van der Waals surface area contributed by atoms with Crippen LogP contribution in [0.4, 0.5) is 5.69 Å². The monoisotopic (exact) mass is 332 g/mol. The maximum absolute atomic E-state index is 12.8. The Morgan fingerprint density at radius 3 is 2.74 bits per heavy atom. The molecule has 0 aliphatic carbocycles. The van der Waals surface area contributed by atoms with Crippen molar-refractivity contribution >= 4 is 21.6 Å². The van der Waals surface area contributed by atoms with E-state index >= 15 is 0 Å². The lowest BCUT2D eigenvalue weighted by atomic mass is 10.1. The third-order valence-corrected chi connectivity index (χ3v) is 5.05. The highest BCUT2D eigenvalue weighted by Crippen LogP contribution is 2.32. The molecule has 1 aliphatic heterocycles. The van der Waals surface area contributed by atoms with Gasteiger partial charge in [0.15, 0.2) is 0 Å². The largest absolute Gasteiger partial charge is 0.490 e. The van der Waals surface area contributed by atoms with Gasteiger partial charge in [0.2, 0.25) is 10.0 Å². The lowest BCUT2D eigenvalue weighted by molar-refractivity contribution is 0.0976. The summed E-state index contributed by atoms with van der Waals surface area (Å²) in [5.41, 5.74) is 1.00. The van der Waals surface area contributed by atoms with Crippen molar-refractivity contribution in [2.75, 3.05) is 25.1 Å². The standard InChI is InChI=1S/C16H16N2O4S/c1-17-23(20,21)13-6-4-5-12(11-13)16(19)18-9-10-22-15-8-3-2-7-14(15)18/h2-8,11,17H,9-10H2,1H3. The van der Waals surface area contributed by atoms with Gasteiger partial charge in [0.05, 0.1) is 17.1 Å². The lowest BCUT2D eigenvalue weighted by Crippen LogP contribution is -2.38. The molecule has 1 N–H and O–H groups in total. The van der Waals surface area contributed by atoms with Crippen molar-refractivity contribution in [2.45, 2.75) is 4.90 Å². The van der Waals surface area contributed by atoms with Crippen LogP contribution in [0.2, 0.25) is 0 Å². The van der Waals surface area contributed by atoms with Gasteiger partial charge in [-0.2, -0.15) is 0 Å². The molecule has 120 valence electrons. The highest BCUT2D eigenvalue weighted by molar-refractivity contribution is 7.89. The van der Waals surface area contributed by atoms with Crippen molar-refractivity contribution in [1.82, 2.24) is 4.72 Å². The van der Waals surface area contributed by atoms with E-state index in [2.05, 4.69) is 4.72 Å². The van der Waals surface area contributed by atoms with Crippen molar-refractivity contribution in [2.24, 2.45) is 0 Å². The summed E-state index contributed by atoms with van der Waals surface area (Å²) in [4.78, 5) is 14.4. The quantitative estimate of drug-likeness (QED) is 0.927. The zero-order valence-corrected chi connectivity index (χ0v) is 13.3. The summed E-state index contributed by atoms with van der Waals surface area (Å²) >= 11 is 0. The number of carbonyl (C=O) groups is 1. The van der Waals surface area contributed by atoms with E-state index in [1.807, 2.05) is 12.1 Å². The molecule has 2 aromatic carbocycles. The van der Waals surface area contributed by atoms with E-state index in [9.17, 15) is 13.2 Å². The van der Waals surface area contributed by atoms with Crippen molar-refractivity contribution in [3.8, 4) is 5.75 Å². The Kier molecular flexibility index (Phi) is 4.06. The van der Waals surface area contributed by atoms with E-state index in [4.69, 9.17) is 4.74 Å². The molecule has 1 aliphatic rings. The predicted molar refractivity (Wildman–Crippen MR) is 86.3 cm³/mol. The number of carbonyl (C=O) groups excluding carboxylic acids is 1. The van der Waals surface area contributed by atoms with Gasteiger partial charge in [-0.15, -0.1) is 0 Å². The maximum atomic E-state index is 12.8. The average Bonchev–Trinajstić information content (AvgIpc) is 2.60. The molecule has 1 amide bonds. The minimum atomic E-state index is -3.59. The third-order valence-electron chi connectivity index (χ3n) is 3.63. The highest BCUT2D eigenvalue weighted by atomic mass is 32.2. The predicted octanol–water partition coefficient (Wildman–Crippen LogP) is 1.63. The van der Waals surface area contributed by atoms with Crippen molar-refractivity contribution in [1.29, 1.82) is 0 Å². The molecule has 23 heavy (non-hydrogen) atoms. The second kappa shape index (κ2) is 6.02. The zero-order valence-electron chi connectivity index (χ0n) is 12.5. The minimum absolute atomic E-state index is 0.0624. The average molecular weight is 332 g/mol. The molecule has 7 heteroatoms. The van der Waals surface area contributed by atoms with Gasteiger partial charge in [0.1, 0.15) is 12.4 Å². The second-order valence-corrected chi connectivity index (χ2v) is 6.89. The molecule has 0 atom stereocenters. The van der Waals surface area contributed by atoms with Crippen LogP contribution < -0.4 is 14.4 Å². The Morgan fingerprint density at radius 1 is 1.17 bits per heavy atom. The number of para-hydroxylation sites is 2. The number of nitrogens with zero attached hydrogens (tertiary/aromatic N) is 1. The topological polar surface area (TPSA) is 75.7 Å². The summed E-state index contributed by atoms with van der Waals surface area (Å²) in [6.07, 6.45) is 0. The van der Waals surface area contributed by atoms with Crippen LogP contribution in [-0.2, 0) is 10.0 Å². The normalized spacial score (nSPS) is 14.0. The maximum Gasteiger partial charge on any atom is 0.258 e. The second-order valence-electron chi connectivity index (χ2n) is 5.01. The molecular weight excluding hydrogens is 316 g/mol. The van der Waals surface area contributed by atoms with Crippen molar-refractivity contribution < 1.29 is 17.9 Å². The number of sulfonamides is 1. The van der Waals surface area contributed by atoms with Crippen LogP contribution in [-0.4, -0.2) is 34.5 Å². The Balaban J connectivity index is 1.98. The number of rotatable bonds is 3. The van der Waals surface area contributed by atoms with Crippen molar-refractivity contribution in [3.63, 3.8) is 0 Å². The van der Waals surface area contributed by atoms with Crippen LogP contribution in [0.15, 0.2) is 53.4 Å². The fraction of sp³-hybridized carbons (Fsp3) is 0.188. The first kappa shape index (κ1) is 15.5. The number of nitrogens with one attached hydrogen (secondary N) is 1. The molecule has 0 bridgehead atoms. The SMILES string of the molecule is CNS(=O)(=O)c1cccc(C(=O)N2CCOc3ccccc32)c1. The van der Waals surface area contributed by atoms with Crippen LogP contribution in [0.5, 0.6) is 5.75 Å². The van der Waals surface area contributed by atoms with Crippen LogP contribution >= 0.6 is 0 Å². The van der Waals surface area contributed by atoms with Crippen LogP contribution in [0.1, 0.15) is 10.4 Å². The van der Waals surface area contributed by atoms with E-state index in [1.165, 1.54) is 19.2 Å². The van der Waals surface area contributed by atoms with Crippen molar-refractivity contribution in [3.05, 3.63) is 54.1 Å². The number of benzene rings is 2. The third kappa shape index (κ3) is 2.93. The number of fused-ring (bicyclic) bond motifs is 1. The van der Waals surface area contributed by atoms with E-state index < -0.39 is 10.0 Å². The molecule has 6 nitrogen and oxygen atoms in total. The van der Waals surface area contributed by atoms with Gasteiger partial charge >= 0.3 is 0 Å². The molecule has 0 aromatic heterocycles. The summed E-state index contributed by atoms with van der Waals surface area (Å²) in [5.74, 6) is 0.389. The van der Waals surface area contributed by atoms with Gasteiger partial charge in [-0.3, -0.25) is 4.79 Å². The van der Waals surface area contributed by atoms with Gasteiger partial charge in [0, 0.05) is 5.56 Å². The van der Waals surface area contributed by atoms with Gasteiger partial charge in [-0.1, -0.05) is 18.2 Å². The Bertz CT molecular complexity index is 849. The van der Waals surface area contributed by atoms with Gasteiger partial charge in [0.25, 0.3) is 5.91 Å². The summed E-state index contributed by atoms with van der Waals surface area (Å²) in [6, 6.07) is 13.3. The summed E-state index contributed by atoms with van der Waals surface area (Å²) < 4.78 is 31.6. The van der Waals surface area contributed by atoms with E-state index in [1.54, 1.807) is 29.2 Å². The van der Waals surface area contributed by atoms with Crippen LogP contribution in [0.25, 0.3) is 0 Å². The number of hydrogen-bond acceptors (Lipinski definition) is 4. The smallest absolute Gasteiger partial charge is 0.258 e. The molecule has 2 aromatic rings. The zero-order chi connectivity index (χ0) is 16.4. The van der Waals surface area contributed by atoms with E-state index in [-0.39, 0.29) is 10.8 Å². The number of hydrogen-bond donors (Lipinski definition) is 1. The first-order chi connectivity index (χ1) is 11.0. The Morgan fingerprint density at radius 2 is 1.96 bits per heavy atom. The summed E-state index contributed by atoms with van der Waals surface area (Å²) in [7, 11) is -2.26. The van der Waals surface area contributed by atoms with Crippen LogP contribution in [0, 0.1) is 0 Å². The molecule has 1 heterocycles. The van der Waals surface area contributed by atoms with Crippen LogP contribution in [0.3, 0.4) is 0 Å². The first-order valence-electron chi connectivity index (χ1n) is 7.10. The first-order valence-corrected chi connectivity index (χ1v) is 8.58. The molecular formula is C16H16N2O4S. The number of anilines is 1. The van der Waals surface area contributed by atoms with E-state index in [0.29, 0.717) is 30.2 Å². The summed E-state index contributed by atoms with van der Waals surface area (Å²) in [6.45, 7) is 0.816. The molecule has 0 unspecified atom stereocenters. The highest BCUT2D eigenvalue weighted by Gasteiger charge is 2.25. The fourth-order valence-corrected chi connectivity index (χ4v) is 3.23.